The Balaban J connectivity index is 0.00000512. The quantitative estimate of drug-likeness (QED) is 0.248. The van der Waals surface area contributed by atoms with Crippen molar-refractivity contribution in [1.29, 1.82) is 0 Å². The summed E-state index contributed by atoms with van der Waals surface area (Å²) >= 11 is 0. The van der Waals surface area contributed by atoms with Crippen molar-refractivity contribution in [3.8, 4) is 11.1 Å². The number of hydrogen-bond donors (Lipinski definition) is 6. The maximum absolute atomic E-state index is 12.5. The Labute approximate surface area is 187 Å². The highest BCUT2D eigenvalue weighted by atomic mass is 16.5. The molecule has 0 heterocycles. The first kappa shape index (κ1) is 26.8. The van der Waals surface area contributed by atoms with E-state index in [9.17, 15) is 24.6 Å². The van der Waals surface area contributed by atoms with Gasteiger partial charge in [-0.3, -0.25) is 19.6 Å². The molecule has 4 atom stereocenters. The number of carbonyl (C=O) groups excluding carboxylic acids is 3. The lowest BCUT2D eigenvalue weighted by Crippen LogP contribution is -2.59. The molecular formula is C23H31N3O6. The van der Waals surface area contributed by atoms with E-state index in [1.54, 1.807) is 12.1 Å². The third-order valence-corrected chi connectivity index (χ3v) is 4.68. The van der Waals surface area contributed by atoms with Gasteiger partial charge in [-0.1, -0.05) is 62.0 Å². The number of rotatable bonds is 9. The van der Waals surface area contributed by atoms with E-state index in [0.29, 0.717) is 5.56 Å². The highest BCUT2D eigenvalue weighted by Crippen LogP contribution is 2.19. The molecule has 2 rings (SSSR count). The zero-order chi connectivity index (χ0) is 23.0. The molecule has 9 heteroatoms. The molecule has 2 aromatic rings. The second-order valence-electron chi connectivity index (χ2n) is 7.23. The van der Waals surface area contributed by atoms with Crippen LogP contribution in [0.15, 0.2) is 54.6 Å². The van der Waals surface area contributed by atoms with Crippen molar-refractivity contribution in [2.45, 2.75) is 52.0 Å². The van der Waals surface area contributed by atoms with Crippen LogP contribution in [-0.2, 0) is 20.8 Å². The maximum atomic E-state index is 12.5. The zero-order valence-electron chi connectivity index (χ0n) is 17.3. The molecule has 0 saturated heterocycles. The smallest absolute Gasteiger partial charge is 0.268 e. The Morgan fingerprint density at radius 3 is 1.78 bits per heavy atom. The van der Waals surface area contributed by atoms with Gasteiger partial charge < -0.3 is 20.8 Å². The van der Waals surface area contributed by atoms with Crippen molar-refractivity contribution < 1.29 is 29.8 Å². The van der Waals surface area contributed by atoms with Gasteiger partial charge in [-0.05, 0) is 30.5 Å². The van der Waals surface area contributed by atoms with E-state index < -0.39 is 42.0 Å². The Hall–Kier alpha value is -3.27. The summed E-state index contributed by atoms with van der Waals surface area (Å²) in [5.74, 6) is -2.41. The predicted octanol–water partition coefficient (Wildman–Crippen LogP) is 0.769. The molecule has 0 fully saturated rings. The molecule has 2 aromatic carbocycles. The number of aliphatic hydroxyl groups is 2. The van der Waals surface area contributed by atoms with Crippen LogP contribution < -0.4 is 16.1 Å². The van der Waals surface area contributed by atoms with Crippen LogP contribution >= 0.6 is 0 Å². The van der Waals surface area contributed by atoms with Gasteiger partial charge in [-0.2, -0.15) is 0 Å². The van der Waals surface area contributed by atoms with Crippen LogP contribution in [0.2, 0.25) is 0 Å². The van der Waals surface area contributed by atoms with E-state index in [1.165, 1.54) is 19.3 Å². The summed E-state index contributed by atoms with van der Waals surface area (Å²) in [6.07, 6.45) is -2.61. The molecule has 0 radical (unpaired) electrons. The first-order valence-corrected chi connectivity index (χ1v) is 9.77. The molecule has 174 valence electrons. The van der Waals surface area contributed by atoms with Gasteiger partial charge in [0.2, 0.25) is 11.8 Å². The number of aliphatic hydroxyl groups excluding tert-OH is 2. The Bertz CT molecular complexity index is 884. The van der Waals surface area contributed by atoms with Crippen molar-refractivity contribution in [2.24, 2.45) is 0 Å². The monoisotopic (exact) mass is 445 g/mol. The third-order valence-electron chi connectivity index (χ3n) is 4.68. The molecule has 0 spiro atoms. The second kappa shape index (κ2) is 12.6. The van der Waals surface area contributed by atoms with E-state index >= 15 is 0 Å². The average Bonchev–Trinajstić information content (AvgIpc) is 2.75. The number of amides is 3. The Morgan fingerprint density at radius 1 is 0.781 bits per heavy atom. The van der Waals surface area contributed by atoms with Gasteiger partial charge in [0.05, 0.1) is 18.6 Å². The fourth-order valence-electron chi connectivity index (χ4n) is 2.98. The lowest BCUT2D eigenvalue weighted by atomic mass is 10.0. The molecular weight excluding hydrogens is 414 g/mol. The van der Waals surface area contributed by atoms with E-state index in [-0.39, 0.29) is 13.8 Å². The number of hydroxylamine groups is 1. The van der Waals surface area contributed by atoms with Gasteiger partial charge in [0, 0.05) is 0 Å². The lowest BCUT2D eigenvalue weighted by molar-refractivity contribution is -0.139. The predicted molar refractivity (Wildman–Crippen MR) is 119 cm³/mol. The van der Waals surface area contributed by atoms with Gasteiger partial charge in [-0.25, -0.2) is 5.48 Å². The van der Waals surface area contributed by atoms with E-state index in [2.05, 4.69) is 10.6 Å². The maximum Gasteiger partial charge on any atom is 0.268 e. The summed E-state index contributed by atoms with van der Waals surface area (Å²) in [5.41, 5.74) is 4.10. The average molecular weight is 446 g/mol. The van der Waals surface area contributed by atoms with Gasteiger partial charge in [0.25, 0.3) is 5.91 Å². The topological polar surface area (TPSA) is 148 Å². The molecule has 0 aliphatic rings. The summed E-state index contributed by atoms with van der Waals surface area (Å²) in [6, 6.07) is 14.3. The minimum absolute atomic E-state index is 0. The normalized spacial score (nSPS) is 14.2. The zero-order valence-corrected chi connectivity index (χ0v) is 17.3. The van der Waals surface area contributed by atoms with Crippen LogP contribution in [0.25, 0.3) is 11.1 Å². The minimum Gasteiger partial charge on any atom is -0.391 e. The van der Waals surface area contributed by atoms with Crippen LogP contribution in [0.1, 0.15) is 26.8 Å². The fraction of sp³-hybridized carbons (Fsp3) is 0.348. The molecule has 0 aliphatic carbocycles. The molecule has 0 bridgehead atoms. The molecule has 9 nitrogen and oxygen atoms in total. The Morgan fingerprint density at radius 2 is 1.28 bits per heavy atom. The molecule has 0 aliphatic heterocycles. The first-order chi connectivity index (χ1) is 14.7. The van der Waals surface area contributed by atoms with E-state index in [1.807, 2.05) is 42.5 Å². The van der Waals surface area contributed by atoms with Crippen LogP contribution in [0.3, 0.4) is 0 Å². The van der Waals surface area contributed by atoms with Gasteiger partial charge in [0.15, 0.2) is 0 Å². The third kappa shape index (κ3) is 7.45. The largest absolute Gasteiger partial charge is 0.391 e. The SMILES string of the molecule is C.C[C@@H](O)[C@H](NC(=O)Cc1ccc(-c2ccccc2)cc1)C(=O)N[C@H](C(=O)NO)[C@@H](C)O. The number of hydrogen-bond acceptors (Lipinski definition) is 6. The molecule has 32 heavy (non-hydrogen) atoms. The summed E-state index contributed by atoms with van der Waals surface area (Å²) < 4.78 is 0. The second-order valence-corrected chi connectivity index (χ2v) is 7.23. The Kier molecular flexibility index (Phi) is 10.5. The minimum atomic E-state index is -1.46. The number of benzene rings is 2. The highest BCUT2D eigenvalue weighted by Gasteiger charge is 2.31. The molecule has 0 aromatic heterocycles. The molecule has 0 unspecified atom stereocenters. The number of nitrogens with one attached hydrogen (secondary N) is 3. The van der Waals surface area contributed by atoms with Gasteiger partial charge in [0.1, 0.15) is 12.1 Å². The molecule has 6 N–H and O–H groups in total. The molecule has 3 amide bonds. The van der Waals surface area contributed by atoms with Crippen molar-refractivity contribution >= 4 is 17.7 Å². The van der Waals surface area contributed by atoms with Crippen LogP contribution in [-0.4, -0.2) is 57.4 Å². The van der Waals surface area contributed by atoms with Crippen molar-refractivity contribution in [3.05, 3.63) is 60.2 Å². The summed E-state index contributed by atoms with van der Waals surface area (Å²) in [7, 11) is 0. The first-order valence-electron chi connectivity index (χ1n) is 9.77. The summed E-state index contributed by atoms with van der Waals surface area (Å²) in [5, 5.41) is 32.9. The van der Waals surface area contributed by atoms with Gasteiger partial charge in [-0.15, -0.1) is 0 Å². The van der Waals surface area contributed by atoms with Crippen LogP contribution in [0.4, 0.5) is 0 Å². The highest BCUT2D eigenvalue weighted by molar-refractivity contribution is 5.92. The van der Waals surface area contributed by atoms with Gasteiger partial charge >= 0.3 is 0 Å². The van der Waals surface area contributed by atoms with E-state index in [0.717, 1.165) is 11.1 Å². The standard InChI is InChI=1S/C22H27N3O6.CH4/c1-13(26)19(21(29)24-20(14(2)27)22(30)25-31)23-18(28)12-15-8-10-17(11-9-15)16-6-4-3-5-7-16;/h3-11,13-14,19-20,26-27,31H,12H2,1-2H3,(H,23,28)(H,24,29)(H,25,30);1H4/t13-,14-,19+,20+;/m1./s1. The van der Waals surface area contributed by atoms with Crippen LogP contribution in [0, 0.1) is 0 Å². The molecule has 0 saturated carbocycles. The van der Waals surface area contributed by atoms with Crippen molar-refractivity contribution in [1.82, 2.24) is 16.1 Å². The fourth-order valence-corrected chi connectivity index (χ4v) is 2.98. The van der Waals surface area contributed by atoms with Crippen LogP contribution in [0.5, 0.6) is 0 Å². The van der Waals surface area contributed by atoms with Crippen molar-refractivity contribution in [3.63, 3.8) is 0 Å². The van der Waals surface area contributed by atoms with Crippen molar-refractivity contribution in [2.75, 3.05) is 0 Å². The summed E-state index contributed by atoms with van der Waals surface area (Å²) in [4.78, 5) is 36.5. The van der Waals surface area contributed by atoms with E-state index in [4.69, 9.17) is 5.21 Å². The summed E-state index contributed by atoms with van der Waals surface area (Å²) in [6.45, 7) is 2.55. The number of carbonyl (C=O) groups is 3. The lowest BCUT2D eigenvalue weighted by Gasteiger charge is -2.25.